The van der Waals surface area contributed by atoms with Gasteiger partial charge in [-0.25, -0.2) is 4.79 Å². The molecule has 0 N–H and O–H groups in total. The first-order valence-corrected chi connectivity index (χ1v) is 11.7. The summed E-state index contributed by atoms with van der Waals surface area (Å²) in [4.78, 5) is 26.2. The number of benzene rings is 3. The number of amides is 1. The van der Waals surface area contributed by atoms with Gasteiger partial charge in [-0.05, 0) is 52.4 Å². The molecular formula is C28H31NO5. The molecule has 0 aliphatic carbocycles. The molecule has 0 unspecified atom stereocenters. The number of carbonyl (C=O) groups excluding carboxylic acids is 2. The zero-order valence-electron chi connectivity index (χ0n) is 19.8. The largest absolute Gasteiger partial charge is 0.496 e. The van der Waals surface area contributed by atoms with Crippen LogP contribution in [-0.4, -0.2) is 57.3 Å². The van der Waals surface area contributed by atoms with Crippen molar-refractivity contribution < 1.29 is 23.8 Å². The quantitative estimate of drug-likeness (QED) is 0.465. The molecule has 0 bridgehead atoms. The highest BCUT2D eigenvalue weighted by molar-refractivity contribution is 5.90. The lowest BCUT2D eigenvalue weighted by Crippen LogP contribution is -2.40. The molecular weight excluding hydrogens is 430 g/mol. The molecule has 3 aromatic carbocycles. The maximum atomic E-state index is 12.4. The maximum absolute atomic E-state index is 12.4. The third-order valence-electron chi connectivity index (χ3n) is 6.35. The van der Waals surface area contributed by atoms with Crippen LogP contribution in [0.15, 0.2) is 54.6 Å². The zero-order valence-corrected chi connectivity index (χ0v) is 19.8. The lowest BCUT2D eigenvalue weighted by Gasteiger charge is -2.26. The Hall–Kier alpha value is -3.38. The van der Waals surface area contributed by atoms with Gasteiger partial charge >= 0.3 is 5.97 Å². The number of hydrogen-bond donors (Lipinski definition) is 0. The molecule has 0 spiro atoms. The third-order valence-corrected chi connectivity index (χ3v) is 6.35. The monoisotopic (exact) mass is 461 g/mol. The molecule has 4 rings (SSSR count). The number of fused-ring (bicyclic) bond motifs is 1. The van der Waals surface area contributed by atoms with Gasteiger partial charge in [-0.2, -0.15) is 0 Å². The minimum Gasteiger partial charge on any atom is -0.496 e. The van der Waals surface area contributed by atoms with Gasteiger partial charge in [0.05, 0.1) is 33.0 Å². The summed E-state index contributed by atoms with van der Waals surface area (Å²) in [5.41, 5.74) is 3.88. The van der Waals surface area contributed by atoms with E-state index in [0.717, 1.165) is 18.4 Å². The molecule has 0 aromatic heterocycles. The second-order valence-electron chi connectivity index (χ2n) is 8.51. The van der Waals surface area contributed by atoms with Crippen molar-refractivity contribution in [1.82, 2.24) is 4.90 Å². The van der Waals surface area contributed by atoms with Crippen LogP contribution in [0.25, 0.3) is 10.8 Å². The average Bonchev–Trinajstić information content (AvgIpc) is 2.89. The van der Waals surface area contributed by atoms with E-state index in [0.29, 0.717) is 50.5 Å². The summed E-state index contributed by atoms with van der Waals surface area (Å²) in [7, 11) is 2.98. The van der Waals surface area contributed by atoms with Crippen LogP contribution in [0.5, 0.6) is 5.75 Å². The molecule has 34 heavy (non-hydrogen) atoms. The Balaban J connectivity index is 1.49. The highest BCUT2D eigenvalue weighted by Crippen LogP contribution is 2.28. The summed E-state index contributed by atoms with van der Waals surface area (Å²) < 4.78 is 15.7. The predicted molar refractivity (Wildman–Crippen MR) is 131 cm³/mol. The molecule has 0 saturated carbocycles. The van der Waals surface area contributed by atoms with Crippen molar-refractivity contribution in [2.24, 2.45) is 0 Å². The van der Waals surface area contributed by atoms with Crippen LogP contribution in [0.1, 0.15) is 39.9 Å². The fraction of sp³-hybridized carbons (Fsp3) is 0.357. The van der Waals surface area contributed by atoms with E-state index in [1.54, 1.807) is 19.2 Å². The van der Waals surface area contributed by atoms with E-state index in [1.807, 2.05) is 11.0 Å². The van der Waals surface area contributed by atoms with Crippen molar-refractivity contribution >= 4 is 22.6 Å². The van der Waals surface area contributed by atoms with Crippen LogP contribution >= 0.6 is 0 Å². The fourth-order valence-corrected chi connectivity index (χ4v) is 4.45. The van der Waals surface area contributed by atoms with Crippen LogP contribution in [0, 0.1) is 0 Å². The second-order valence-corrected chi connectivity index (χ2v) is 8.51. The van der Waals surface area contributed by atoms with E-state index in [-0.39, 0.29) is 11.9 Å². The van der Waals surface area contributed by atoms with E-state index in [9.17, 15) is 9.59 Å². The van der Waals surface area contributed by atoms with Crippen LogP contribution < -0.4 is 4.74 Å². The van der Waals surface area contributed by atoms with Crippen molar-refractivity contribution in [3.05, 3.63) is 76.9 Å². The van der Waals surface area contributed by atoms with Crippen LogP contribution in [0.4, 0.5) is 0 Å². The van der Waals surface area contributed by atoms with Crippen LogP contribution in [0.2, 0.25) is 0 Å². The number of methoxy groups -OCH3 is 2. The van der Waals surface area contributed by atoms with Gasteiger partial charge in [0.2, 0.25) is 5.91 Å². The Morgan fingerprint density at radius 1 is 0.971 bits per heavy atom. The minimum atomic E-state index is -0.383. The molecule has 1 heterocycles. The summed E-state index contributed by atoms with van der Waals surface area (Å²) in [6.07, 6.45) is 2.93. The van der Waals surface area contributed by atoms with Gasteiger partial charge in [0.15, 0.2) is 0 Å². The third kappa shape index (κ3) is 5.57. The summed E-state index contributed by atoms with van der Waals surface area (Å²) in [6, 6.07) is 18.3. The van der Waals surface area contributed by atoms with Crippen molar-refractivity contribution in [3.8, 4) is 5.75 Å². The number of esters is 1. The molecule has 1 aliphatic rings. The fourth-order valence-electron chi connectivity index (χ4n) is 4.45. The van der Waals surface area contributed by atoms with Gasteiger partial charge in [-0.15, -0.1) is 0 Å². The smallest absolute Gasteiger partial charge is 0.337 e. The molecule has 6 nitrogen and oxygen atoms in total. The van der Waals surface area contributed by atoms with Crippen LogP contribution in [-0.2, 0) is 27.1 Å². The predicted octanol–water partition coefficient (Wildman–Crippen LogP) is 4.41. The number of rotatable bonds is 8. The molecule has 3 aromatic rings. The number of aryl methyl sites for hydroxylation is 1. The second kappa shape index (κ2) is 11.2. The number of morpholine rings is 1. The standard InChI is InChI=1S/C28H31NO5/c1-32-26-19-24(28(31)33-2)12-11-23(26)18-22-7-4-6-21-10-9-20(17-25(21)22)5-3-8-27(30)29-13-15-34-16-14-29/h4,6-7,9-12,17,19H,3,5,8,13-16,18H2,1-2H3. The molecule has 1 saturated heterocycles. The molecule has 0 atom stereocenters. The highest BCUT2D eigenvalue weighted by atomic mass is 16.5. The van der Waals surface area contributed by atoms with Gasteiger partial charge in [-0.3, -0.25) is 4.79 Å². The molecule has 6 heteroatoms. The summed E-state index contributed by atoms with van der Waals surface area (Å²) in [5, 5.41) is 2.37. The Kier molecular flexibility index (Phi) is 7.80. The van der Waals surface area contributed by atoms with Gasteiger partial charge in [0.1, 0.15) is 5.75 Å². The van der Waals surface area contributed by atoms with Gasteiger partial charge in [0, 0.05) is 25.9 Å². The Morgan fingerprint density at radius 2 is 1.79 bits per heavy atom. The zero-order chi connectivity index (χ0) is 23.9. The number of hydrogen-bond acceptors (Lipinski definition) is 5. The average molecular weight is 462 g/mol. The number of nitrogens with zero attached hydrogens (tertiary/aromatic N) is 1. The summed E-state index contributed by atoms with van der Waals surface area (Å²) >= 11 is 0. The van der Waals surface area contributed by atoms with Gasteiger partial charge < -0.3 is 19.1 Å². The summed E-state index contributed by atoms with van der Waals surface area (Å²) in [5.74, 6) is 0.497. The van der Waals surface area contributed by atoms with Crippen molar-refractivity contribution in [2.75, 3.05) is 40.5 Å². The lowest BCUT2D eigenvalue weighted by atomic mass is 9.95. The molecule has 1 fully saturated rings. The molecule has 1 amide bonds. The maximum Gasteiger partial charge on any atom is 0.337 e. The normalized spacial score (nSPS) is 13.6. The lowest BCUT2D eigenvalue weighted by molar-refractivity contribution is -0.135. The van der Waals surface area contributed by atoms with E-state index in [4.69, 9.17) is 14.2 Å². The minimum absolute atomic E-state index is 0.215. The van der Waals surface area contributed by atoms with Crippen LogP contribution in [0.3, 0.4) is 0 Å². The van der Waals surface area contributed by atoms with Crippen molar-refractivity contribution in [1.29, 1.82) is 0 Å². The first-order chi connectivity index (χ1) is 16.6. The number of ether oxygens (including phenoxy) is 3. The first kappa shape index (κ1) is 23.8. The first-order valence-electron chi connectivity index (χ1n) is 11.7. The van der Waals surface area contributed by atoms with Crippen molar-refractivity contribution in [3.63, 3.8) is 0 Å². The summed E-state index contributed by atoms with van der Waals surface area (Å²) in [6.45, 7) is 2.66. The topological polar surface area (TPSA) is 65.1 Å². The van der Waals surface area contributed by atoms with E-state index >= 15 is 0 Å². The Morgan fingerprint density at radius 3 is 2.56 bits per heavy atom. The van der Waals surface area contributed by atoms with E-state index < -0.39 is 0 Å². The Labute approximate surface area is 200 Å². The van der Waals surface area contributed by atoms with Gasteiger partial charge in [0.25, 0.3) is 0 Å². The van der Waals surface area contributed by atoms with Crippen molar-refractivity contribution in [2.45, 2.75) is 25.7 Å². The number of carbonyl (C=O) groups is 2. The van der Waals surface area contributed by atoms with Gasteiger partial charge in [-0.1, -0.05) is 42.5 Å². The SMILES string of the molecule is COC(=O)c1ccc(Cc2cccc3ccc(CCCC(=O)N4CCOCC4)cc23)c(OC)c1. The Bertz CT molecular complexity index is 1170. The van der Waals surface area contributed by atoms with E-state index in [2.05, 4.69) is 36.4 Å². The highest BCUT2D eigenvalue weighted by Gasteiger charge is 2.16. The molecule has 178 valence electrons. The van der Waals surface area contributed by atoms with E-state index in [1.165, 1.54) is 29.0 Å². The molecule has 0 radical (unpaired) electrons. The molecule has 1 aliphatic heterocycles.